The van der Waals surface area contributed by atoms with Crippen LogP contribution in [0.5, 0.6) is 0 Å². The fourth-order valence-corrected chi connectivity index (χ4v) is 4.50. The Balaban J connectivity index is 1.67. The molecule has 0 bridgehead atoms. The Morgan fingerprint density at radius 3 is 2.77 bits per heavy atom. The van der Waals surface area contributed by atoms with Gasteiger partial charge in [0.15, 0.2) is 5.13 Å². The summed E-state index contributed by atoms with van der Waals surface area (Å²) in [4.78, 5) is 62.9. The topological polar surface area (TPSA) is 146 Å². The molecule has 1 aromatic heterocycles. The number of nitrogens with one attached hydrogen (secondary N) is 2. The summed E-state index contributed by atoms with van der Waals surface area (Å²) >= 11 is 2.20. The van der Waals surface area contributed by atoms with Crippen molar-refractivity contribution in [1.82, 2.24) is 15.2 Å². The van der Waals surface area contributed by atoms with Gasteiger partial charge >= 0.3 is 5.97 Å². The van der Waals surface area contributed by atoms with E-state index < -0.39 is 35.0 Å². The molecule has 1 saturated heterocycles. The van der Waals surface area contributed by atoms with Crippen LogP contribution >= 0.6 is 23.1 Å². The van der Waals surface area contributed by atoms with Crippen molar-refractivity contribution in [1.29, 1.82) is 0 Å². The molecule has 12 heteroatoms. The Hall–Kier alpha value is -2.73. The molecule has 3 N–H and O–H groups in total. The van der Waals surface area contributed by atoms with Crippen LogP contribution in [0.1, 0.15) is 17.4 Å². The zero-order valence-corrected chi connectivity index (χ0v) is 14.8. The lowest BCUT2D eigenvalue weighted by atomic mass is 10.1. The standard InChI is InChI=1S/C14H12N4O6S2/c1-5-6(13(23)24)2-18-11(22)8(12(18)26-5)17-10(21)9(20)7-3-25-14(16-7)15-4-19/h2-5,8,12H,1H3,(H,17,21)(H,23,24)(H,15,16,19)/t5?,8?,12-/m1/s1. The number of rotatable bonds is 6. The SMILES string of the molecule is CC1S[C@@H]2C(NC(=O)C(=O)c3csc(NC=O)n3)C(=O)N2C=C1C(=O)O. The van der Waals surface area contributed by atoms with E-state index in [1.807, 2.05) is 0 Å². The molecule has 10 nitrogen and oxygen atoms in total. The van der Waals surface area contributed by atoms with Gasteiger partial charge in [-0.2, -0.15) is 0 Å². The van der Waals surface area contributed by atoms with E-state index in [0.29, 0.717) is 6.41 Å². The third kappa shape index (κ3) is 3.08. The minimum atomic E-state index is -1.11. The molecule has 2 unspecified atom stereocenters. The van der Waals surface area contributed by atoms with E-state index in [4.69, 9.17) is 5.11 Å². The van der Waals surface area contributed by atoms with E-state index in [0.717, 1.165) is 11.3 Å². The van der Waals surface area contributed by atoms with E-state index in [1.54, 1.807) is 6.92 Å². The van der Waals surface area contributed by atoms with Gasteiger partial charge in [0.05, 0.1) is 5.57 Å². The average Bonchev–Trinajstić information content (AvgIpc) is 3.07. The highest BCUT2D eigenvalue weighted by molar-refractivity contribution is 8.00. The molecule has 3 heterocycles. The molecule has 2 aliphatic rings. The van der Waals surface area contributed by atoms with Gasteiger partial charge in [-0.15, -0.1) is 23.1 Å². The first-order valence-electron chi connectivity index (χ1n) is 7.27. The Kier molecular flexibility index (Phi) is 4.78. The fraction of sp³-hybridized carbons (Fsp3) is 0.286. The molecule has 3 rings (SSSR count). The number of thioether (sulfide) groups is 1. The maximum absolute atomic E-state index is 12.1. The average molecular weight is 396 g/mol. The molecule has 0 aromatic carbocycles. The van der Waals surface area contributed by atoms with Crippen LogP contribution < -0.4 is 10.6 Å². The van der Waals surface area contributed by atoms with Crippen molar-refractivity contribution in [3.8, 4) is 0 Å². The minimum absolute atomic E-state index is 0.0955. The van der Waals surface area contributed by atoms with E-state index in [9.17, 15) is 24.0 Å². The van der Waals surface area contributed by atoms with Gasteiger partial charge in [-0.25, -0.2) is 9.78 Å². The first kappa shape index (κ1) is 18.1. The van der Waals surface area contributed by atoms with Crippen molar-refractivity contribution < 1.29 is 29.1 Å². The zero-order chi connectivity index (χ0) is 19.0. The van der Waals surface area contributed by atoms with E-state index in [1.165, 1.54) is 28.2 Å². The Morgan fingerprint density at radius 1 is 1.38 bits per heavy atom. The summed E-state index contributed by atoms with van der Waals surface area (Å²) in [6, 6.07) is -0.920. The van der Waals surface area contributed by atoms with Gasteiger partial charge < -0.3 is 20.6 Å². The Morgan fingerprint density at radius 2 is 2.12 bits per heavy atom. The number of amides is 3. The molecule has 0 aliphatic carbocycles. The van der Waals surface area contributed by atoms with Crippen LogP contribution in [-0.4, -0.2) is 61.6 Å². The maximum atomic E-state index is 12.1. The minimum Gasteiger partial charge on any atom is -0.478 e. The first-order chi connectivity index (χ1) is 12.3. The summed E-state index contributed by atoms with van der Waals surface area (Å²) in [5.74, 6) is -3.52. The van der Waals surface area contributed by atoms with Crippen molar-refractivity contribution in [3.05, 3.63) is 22.8 Å². The van der Waals surface area contributed by atoms with Gasteiger partial charge in [-0.05, 0) is 6.92 Å². The second kappa shape index (κ2) is 6.88. The largest absolute Gasteiger partial charge is 0.478 e. The number of fused-ring (bicyclic) bond motifs is 1. The lowest BCUT2D eigenvalue weighted by Crippen LogP contribution is -2.69. The normalized spacial score (nSPS) is 24.0. The molecule has 26 heavy (non-hydrogen) atoms. The van der Waals surface area contributed by atoms with Crippen LogP contribution in [0.3, 0.4) is 0 Å². The van der Waals surface area contributed by atoms with E-state index in [2.05, 4.69) is 15.6 Å². The van der Waals surface area contributed by atoms with Crippen molar-refractivity contribution >= 4 is 58.2 Å². The number of nitrogens with zero attached hydrogens (tertiary/aromatic N) is 2. The van der Waals surface area contributed by atoms with Crippen LogP contribution in [0.4, 0.5) is 5.13 Å². The number of thiazole rings is 1. The zero-order valence-electron chi connectivity index (χ0n) is 13.2. The second-order valence-corrected chi connectivity index (χ2v) is 7.70. The van der Waals surface area contributed by atoms with Gasteiger partial charge in [0.1, 0.15) is 17.1 Å². The van der Waals surface area contributed by atoms with Gasteiger partial charge in [0, 0.05) is 16.8 Å². The van der Waals surface area contributed by atoms with Crippen molar-refractivity contribution in [2.24, 2.45) is 0 Å². The molecule has 1 fully saturated rings. The number of hydrogen-bond acceptors (Lipinski definition) is 8. The molecule has 2 aliphatic heterocycles. The monoisotopic (exact) mass is 396 g/mol. The van der Waals surface area contributed by atoms with Crippen LogP contribution in [0.2, 0.25) is 0 Å². The third-order valence-electron chi connectivity index (χ3n) is 3.80. The van der Waals surface area contributed by atoms with E-state index in [-0.39, 0.29) is 21.6 Å². The number of hydrogen-bond donors (Lipinski definition) is 3. The number of carboxylic acids is 1. The number of carbonyl (C=O) groups excluding carboxylic acids is 4. The fourth-order valence-electron chi connectivity index (χ4n) is 2.48. The number of carbonyl (C=O) groups is 5. The number of Topliss-reactive ketones (excluding diaryl/α,β-unsaturated/α-hetero) is 1. The lowest BCUT2D eigenvalue weighted by molar-refractivity contribution is -0.144. The van der Waals surface area contributed by atoms with Crippen LogP contribution in [0.25, 0.3) is 0 Å². The summed E-state index contributed by atoms with van der Waals surface area (Å²) in [7, 11) is 0. The summed E-state index contributed by atoms with van der Waals surface area (Å²) in [6.07, 6.45) is 1.66. The number of aromatic nitrogens is 1. The van der Waals surface area contributed by atoms with Crippen LogP contribution in [0.15, 0.2) is 17.2 Å². The number of aliphatic carboxylic acids is 1. The summed E-state index contributed by atoms with van der Waals surface area (Å²) in [6.45, 7) is 1.69. The molecule has 0 spiro atoms. The van der Waals surface area contributed by atoms with Gasteiger partial charge in [-0.1, -0.05) is 0 Å². The quantitative estimate of drug-likeness (QED) is 0.256. The molecule has 0 radical (unpaired) electrons. The molecule has 1 aromatic rings. The summed E-state index contributed by atoms with van der Waals surface area (Å²) < 4.78 is 0. The Labute approximate surface area is 154 Å². The number of carboxylic acid groups (broad SMARTS) is 1. The highest BCUT2D eigenvalue weighted by Crippen LogP contribution is 2.40. The maximum Gasteiger partial charge on any atom is 0.334 e. The van der Waals surface area contributed by atoms with Crippen molar-refractivity contribution in [2.45, 2.75) is 23.6 Å². The molecule has 3 atom stereocenters. The predicted molar refractivity (Wildman–Crippen MR) is 91.5 cm³/mol. The number of β-lactam (4-membered cyclic amide) rings is 1. The van der Waals surface area contributed by atoms with Gasteiger partial charge in [0.25, 0.3) is 17.6 Å². The van der Waals surface area contributed by atoms with Gasteiger partial charge in [0.2, 0.25) is 6.41 Å². The second-order valence-electron chi connectivity index (χ2n) is 5.38. The molecule has 3 amide bonds. The predicted octanol–water partition coefficient (Wildman–Crippen LogP) is -0.349. The van der Waals surface area contributed by atoms with Crippen LogP contribution in [-0.2, 0) is 19.2 Å². The van der Waals surface area contributed by atoms with Crippen molar-refractivity contribution in [2.75, 3.05) is 5.32 Å². The molecular weight excluding hydrogens is 384 g/mol. The summed E-state index contributed by atoms with van der Waals surface area (Å²) in [5, 5.41) is 14.4. The molecule has 0 saturated carbocycles. The molecular formula is C14H12N4O6S2. The van der Waals surface area contributed by atoms with Crippen molar-refractivity contribution in [3.63, 3.8) is 0 Å². The third-order valence-corrected chi connectivity index (χ3v) is 6.01. The lowest BCUT2D eigenvalue weighted by Gasteiger charge is -2.48. The van der Waals surface area contributed by atoms with Crippen LogP contribution in [0, 0.1) is 0 Å². The molecule has 136 valence electrons. The summed E-state index contributed by atoms with van der Waals surface area (Å²) in [5.41, 5.74) is -0.0451. The van der Waals surface area contributed by atoms with E-state index >= 15 is 0 Å². The Bertz CT molecular complexity index is 850. The number of anilines is 1. The number of ketones is 1. The van der Waals surface area contributed by atoms with Gasteiger partial charge in [-0.3, -0.25) is 19.2 Å². The smallest absolute Gasteiger partial charge is 0.334 e. The highest BCUT2D eigenvalue weighted by Gasteiger charge is 2.52. The first-order valence-corrected chi connectivity index (χ1v) is 9.09. The highest BCUT2D eigenvalue weighted by atomic mass is 32.2.